The molecule has 0 bridgehead atoms. The van der Waals surface area contributed by atoms with Crippen LogP contribution in [0.5, 0.6) is 11.6 Å². The van der Waals surface area contributed by atoms with Crippen LogP contribution < -0.4 is 10.5 Å². The first kappa shape index (κ1) is 21.5. The Morgan fingerprint density at radius 2 is 2.06 bits per heavy atom. The number of nitrogens with zero attached hydrogens (tertiary/aromatic N) is 6. The number of nitrogens with two attached hydrogens (primary N) is 1. The Labute approximate surface area is 194 Å². The quantitative estimate of drug-likeness (QED) is 0.452. The van der Waals surface area contributed by atoms with Gasteiger partial charge in [-0.25, -0.2) is 24.0 Å². The molecule has 1 unspecified atom stereocenters. The van der Waals surface area contributed by atoms with Crippen molar-refractivity contribution in [2.75, 3.05) is 18.8 Å². The second-order valence-corrected chi connectivity index (χ2v) is 7.96. The number of benzene rings is 1. The normalized spacial score (nSPS) is 15.9. The van der Waals surface area contributed by atoms with Gasteiger partial charge in [-0.15, -0.1) is 0 Å². The van der Waals surface area contributed by atoms with Gasteiger partial charge >= 0.3 is 0 Å². The topological polar surface area (TPSA) is 112 Å². The van der Waals surface area contributed by atoms with Crippen LogP contribution in [0.2, 0.25) is 0 Å². The number of carbonyl (C=O) groups excluding carboxylic acids is 1. The van der Waals surface area contributed by atoms with Crippen LogP contribution in [0.4, 0.5) is 10.2 Å². The zero-order valence-corrected chi connectivity index (χ0v) is 18.3. The van der Waals surface area contributed by atoms with Crippen LogP contribution in [0, 0.1) is 5.82 Å². The van der Waals surface area contributed by atoms with E-state index in [2.05, 4.69) is 21.5 Å². The van der Waals surface area contributed by atoms with Crippen LogP contribution in [0.3, 0.4) is 0 Å². The third-order valence-corrected chi connectivity index (χ3v) is 5.79. The number of hydrogen-bond acceptors (Lipinski definition) is 7. The Morgan fingerprint density at radius 1 is 1.24 bits per heavy atom. The Balaban J connectivity index is 1.54. The summed E-state index contributed by atoms with van der Waals surface area (Å²) in [4.78, 5) is 26.6. The fourth-order valence-corrected chi connectivity index (χ4v) is 4.17. The first-order chi connectivity index (χ1) is 16.5. The first-order valence-electron chi connectivity index (χ1n) is 10.8. The van der Waals surface area contributed by atoms with Gasteiger partial charge in [-0.2, -0.15) is 5.10 Å². The van der Waals surface area contributed by atoms with Gasteiger partial charge in [0.15, 0.2) is 11.5 Å². The number of halogens is 1. The summed E-state index contributed by atoms with van der Waals surface area (Å²) < 4.78 is 22.2. The standard InChI is InChI=1S/C24H22FN7O2/c1-2-19(33)31-10-6-7-16(13-31)32-23-20(22(26)28-14-29-23)21(30-32)15-11-18(25)24(27-12-15)34-17-8-4-3-5-9-17/h2-5,8-9,11-12,14,16H,1,6-7,10,13H2,(H2,26,28,29). The number of piperidine rings is 1. The summed E-state index contributed by atoms with van der Waals surface area (Å²) in [6.45, 7) is 4.69. The molecule has 10 heteroatoms. The fraction of sp³-hybridized carbons (Fsp3) is 0.208. The molecule has 172 valence electrons. The molecule has 34 heavy (non-hydrogen) atoms. The van der Waals surface area contributed by atoms with Gasteiger partial charge in [0, 0.05) is 24.8 Å². The van der Waals surface area contributed by atoms with E-state index >= 15 is 0 Å². The molecule has 1 aromatic carbocycles. The van der Waals surface area contributed by atoms with Crippen molar-refractivity contribution < 1.29 is 13.9 Å². The van der Waals surface area contributed by atoms with Crippen molar-refractivity contribution in [3.05, 3.63) is 67.4 Å². The maximum Gasteiger partial charge on any atom is 0.255 e. The lowest BCUT2D eigenvalue weighted by atomic mass is 10.1. The van der Waals surface area contributed by atoms with E-state index in [9.17, 15) is 9.18 Å². The Morgan fingerprint density at radius 3 is 2.82 bits per heavy atom. The SMILES string of the molecule is C=CC(=O)N1CCCC(n2nc(-c3cnc(Oc4ccccc4)c(F)c3)c3c(N)ncnc32)C1. The van der Waals surface area contributed by atoms with Crippen LogP contribution in [0.25, 0.3) is 22.3 Å². The third kappa shape index (κ3) is 3.94. The number of aromatic nitrogens is 5. The Bertz CT molecular complexity index is 1370. The highest BCUT2D eigenvalue weighted by Crippen LogP contribution is 2.35. The summed E-state index contributed by atoms with van der Waals surface area (Å²) in [7, 11) is 0. The van der Waals surface area contributed by atoms with Crippen molar-refractivity contribution in [3.8, 4) is 22.9 Å². The molecule has 2 N–H and O–H groups in total. The highest BCUT2D eigenvalue weighted by atomic mass is 19.1. The zero-order chi connectivity index (χ0) is 23.7. The minimum atomic E-state index is -0.639. The number of likely N-dealkylation sites (tertiary alicyclic amines) is 1. The lowest BCUT2D eigenvalue weighted by Gasteiger charge is -2.32. The average molecular weight is 459 g/mol. The number of fused-ring (bicyclic) bond motifs is 1. The number of para-hydroxylation sites is 1. The largest absolute Gasteiger partial charge is 0.436 e. The highest BCUT2D eigenvalue weighted by Gasteiger charge is 2.28. The smallest absolute Gasteiger partial charge is 0.255 e. The molecule has 3 aromatic heterocycles. The number of ether oxygens (including phenoxy) is 1. The summed E-state index contributed by atoms with van der Waals surface area (Å²) >= 11 is 0. The minimum Gasteiger partial charge on any atom is -0.436 e. The molecule has 0 aliphatic carbocycles. The van der Waals surface area contributed by atoms with Gasteiger partial charge in [-0.05, 0) is 37.1 Å². The molecule has 0 spiro atoms. The van der Waals surface area contributed by atoms with Gasteiger partial charge in [0.1, 0.15) is 23.6 Å². The third-order valence-electron chi connectivity index (χ3n) is 5.79. The van der Waals surface area contributed by atoms with Crippen LogP contribution in [-0.4, -0.2) is 48.6 Å². The van der Waals surface area contributed by atoms with Gasteiger partial charge in [0.2, 0.25) is 5.91 Å². The van der Waals surface area contributed by atoms with Gasteiger partial charge in [0.25, 0.3) is 5.88 Å². The first-order valence-corrected chi connectivity index (χ1v) is 10.8. The number of pyridine rings is 1. The van der Waals surface area contributed by atoms with E-state index in [0.29, 0.717) is 41.1 Å². The van der Waals surface area contributed by atoms with Crippen molar-refractivity contribution in [2.24, 2.45) is 0 Å². The predicted molar refractivity (Wildman–Crippen MR) is 124 cm³/mol. The summed E-state index contributed by atoms with van der Waals surface area (Å²) in [6.07, 6.45) is 5.77. The molecule has 0 radical (unpaired) electrons. The molecule has 1 saturated heterocycles. The summed E-state index contributed by atoms with van der Waals surface area (Å²) in [5.41, 5.74) is 7.53. The Hall–Kier alpha value is -4.34. The van der Waals surface area contributed by atoms with E-state index in [1.165, 1.54) is 24.7 Å². The molecule has 1 atom stereocenters. The van der Waals surface area contributed by atoms with Crippen molar-refractivity contribution in [1.82, 2.24) is 29.6 Å². The van der Waals surface area contributed by atoms with Gasteiger partial charge < -0.3 is 15.4 Å². The van der Waals surface area contributed by atoms with E-state index < -0.39 is 5.82 Å². The molecule has 1 aliphatic heterocycles. The second kappa shape index (κ2) is 8.89. The van der Waals surface area contributed by atoms with E-state index in [0.717, 1.165) is 12.8 Å². The number of hydrogen-bond donors (Lipinski definition) is 1. The Kier molecular flexibility index (Phi) is 5.62. The predicted octanol–water partition coefficient (Wildman–Crippen LogP) is 3.75. The van der Waals surface area contributed by atoms with E-state index in [1.54, 1.807) is 33.8 Å². The van der Waals surface area contributed by atoms with Gasteiger partial charge in [-0.1, -0.05) is 24.8 Å². The number of amides is 1. The van der Waals surface area contributed by atoms with Crippen molar-refractivity contribution in [2.45, 2.75) is 18.9 Å². The summed E-state index contributed by atoms with van der Waals surface area (Å²) in [5, 5.41) is 5.25. The number of carbonyl (C=O) groups is 1. The monoisotopic (exact) mass is 459 g/mol. The summed E-state index contributed by atoms with van der Waals surface area (Å²) in [5.74, 6) is -0.208. The fourth-order valence-electron chi connectivity index (χ4n) is 4.17. The molecular weight excluding hydrogens is 437 g/mol. The molecule has 4 heterocycles. The molecule has 1 aliphatic rings. The molecular formula is C24H22FN7O2. The van der Waals surface area contributed by atoms with Crippen LogP contribution in [0.1, 0.15) is 18.9 Å². The van der Waals surface area contributed by atoms with Crippen LogP contribution in [-0.2, 0) is 4.79 Å². The molecule has 4 aromatic rings. The molecule has 0 saturated carbocycles. The molecule has 1 amide bonds. The lowest BCUT2D eigenvalue weighted by Crippen LogP contribution is -2.40. The minimum absolute atomic E-state index is 0.123. The average Bonchev–Trinajstić information content (AvgIpc) is 3.26. The van der Waals surface area contributed by atoms with E-state index in [-0.39, 0.29) is 23.6 Å². The number of rotatable bonds is 5. The van der Waals surface area contributed by atoms with Gasteiger partial charge in [0.05, 0.1) is 11.4 Å². The van der Waals surface area contributed by atoms with Crippen molar-refractivity contribution >= 4 is 22.8 Å². The van der Waals surface area contributed by atoms with E-state index in [1.807, 2.05) is 6.07 Å². The van der Waals surface area contributed by atoms with E-state index in [4.69, 9.17) is 15.6 Å². The maximum absolute atomic E-state index is 14.9. The highest BCUT2D eigenvalue weighted by molar-refractivity contribution is 5.98. The van der Waals surface area contributed by atoms with Crippen LogP contribution in [0.15, 0.2) is 61.6 Å². The second-order valence-electron chi connectivity index (χ2n) is 7.96. The van der Waals surface area contributed by atoms with Crippen molar-refractivity contribution in [1.29, 1.82) is 0 Å². The number of nitrogen functional groups attached to an aromatic ring is 1. The summed E-state index contributed by atoms with van der Waals surface area (Å²) in [6, 6.07) is 10.0. The molecule has 5 rings (SSSR count). The number of anilines is 1. The lowest BCUT2D eigenvalue weighted by molar-refractivity contribution is -0.127. The zero-order valence-electron chi connectivity index (χ0n) is 18.3. The van der Waals surface area contributed by atoms with Crippen molar-refractivity contribution in [3.63, 3.8) is 0 Å². The molecule has 1 fully saturated rings. The van der Waals surface area contributed by atoms with Gasteiger partial charge in [-0.3, -0.25) is 4.79 Å². The van der Waals surface area contributed by atoms with Crippen LogP contribution >= 0.6 is 0 Å². The molecule has 9 nitrogen and oxygen atoms in total. The maximum atomic E-state index is 14.9.